The number of hydrogen-bond acceptors (Lipinski definition) is 7. The number of nitrogens with two attached hydrogens (primary N) is 1. The van der Waals surface area contributed by atoms with Gasteiger partial charge in [-0.2, -0.15) is 0 Å². The number of sulfonamides is 1. The number of carbonyl (C=O) groups excluding carboxylic acids is 3. The molecule has 2 rings (SSSR count). The number of nitrogens with zero attached hydrogens (tertiary/aromatic N) is 1. The third kappa shape index (κ3) is 9.76. The summed E-state index contributed by atoms with van der Waals surface area (Å²) in [6, 6.07) is 5.58. The predicted octanol–water partition coefficient (Wildman–Crippen LogP) is 0.625. The summed E-state index contributed by atoms with van der Waals surface area (Å²) in [4.78, 5) is 38.3. The molecule has 11 nitrogen and oxygen atoms in total. The second-order valence-corrected chi connectivity index (χ2v) is 10.5. The van der Waals surface area contributed by atoms with Gasteiger partial charge in [0.25, 0.3) is 0 Å². The van der Waals surface area contributed by atoms with Crippen LogP contribution < -0.4 is 21.1 Å². The fourth-order valence-electron chi connectivity index (χ4n) is 3.35. The van der Waals surface area contributed by atoms with Crippen molar-refractivity contribution in [2.75, 3.05) is 38.0 Å². The Labute approximate surface area is 194 Å². The molecule has 1 aliphatic rings. The first-order valence-corrected chi connectivity index (χ1v) is 12.3. The Kier molecular flexibility index (Phi) is 9.20. The average molecular weight is 484 g/mol. The Hall–Kier alpha value is -2.70. The summed E-state index contributed by atoms with van der Waals surface area (Å²) >= 11 is 0. The molecule has 0 aromatic heterocycles. The fourth-order valence-corrected chi connectivity index (χ4v) is 3.87. The number of alkyl carbamates (subject to hydrolysis) is 1. The zero-order chi connectivity index (χ0) is 24.6. The SMILES string of the molecule is CC(C)(C)OC(=O)NCCNC(=O)C1CCCN(CC(=O)Nc2ccc(S(N)(=O)=O)cc2)C1. The van der Waals surface area contributed by atoms with Crippen molar-refractivity contribution < 1.29 is 27.5 Å². The summed E-state index contributed by atoms with van der Waals surface area (Å²) in [5.74, 6) is -0.632. The Morgan fingerprint density at radius 3 is 2.36 bits per heavy atom. The number of ether oxygens (including phenoxy) is 1. The molecular weight excluding hydrogens is 450 g/mol. The standard InChI is InChI=1S/C21H33N5O6S/c1-21(2,3)32-20(29)24-11-10-23-19(28)15-5-4-12-26(13-15)14-18(27)25-16-6-8-17(9-7-16)33(22,30)31/h6-9,15H,4-5,10-14H2,1-3H3,(H,23,28)(H,24,29)(H,25,27)(H2,22,30,31). The van der Waals surface area contributed by atoms with E-state index in [1.807, 2.05) is 4.90 Å². The molecule has 33 heavy (non-hydrogen) atoms. The van der Waals surface area contributed by atoms with Gasteiger partial charge in [0.15, 0.2) is 0 Å². The van der Waals surface area contributed by atoms with Gasteiger partial charge in [-0.3, -0.25) is 14.5 Å². The van der Waals surface area contributed by atoms with Crippen LogP contribution in [0.5, 0.6) is 0 Å². The number of carbonyl (C=O) groups is 3. The van der Waals surface area contributed by atoms with Crippen LogP contribution in [0.2, 0.25) is 0 Å². The molecule has 12 heteroatoms. The average Bonchev–Trinajstić information content (AvgIpc) is 2.69. The molecule has 5 N–H and O–H groups in total. The van der Waals surface area contributed by atoms with E-state index in [9.17, 15) is 22.8 Å². The van der Waals surface area contributed by atoms with Gasteiger partial charge < -0.3 is 20.7 Å². The number of benzene rings is 1. The van der Waals surface area contributed by atoms with Crippen LogP contribution in [0.1, 0.15) is 33.6 Å². The van der Waals surface area contributed by atoms with Crippen molar-refractivity contribution in [3.05, 3.63) is 24.3 Å². The van der Waals surface area contributed by atoms with Crippen molar-refractivity contribution in [2.45, 2.75) is 44.1 Å². The van der Waals surface area contributed by atoms with Crippen LogP contribution >= 0.6 is 0 Å². The van der Waals surface area contributed by atoms with Gasteiger partial charge in [-0.1, -0.05) is 0 Å². The normalized spacial score (nSPS) is 17.2. The van der Waals surface area contributed by atoms with E-state index in [1.54, 1.807) is 20.8 Å². The van der Waals surface area contributed by atoms with Crippen molar-refractivity contribution in [1.29, 1.82) is 0 Å². The van der Waals surface area contributed by atoms with Crippen LogP contribution in [-0.2, 0) is 24.3 Å². The number of rotatable bonds is 8. The molecule has 0 saturated carbocycles. The second-order valence-electron chi connectivity index (χ2n) is 8.91. The van der Waals surface area contributed by atoms with E-state index >= 15 is 0 Å². The first-order valence-electron chi connectivity index (χ1n) is 10.7. The summed E-state index contributed by atoms with van der Waals surface area (Å²) in [5, 5.41) is 13.2. The van der Waals surface area contributed by atoms with Crippen LogP contribution in [0.15, 0.2) is 29.2 Å². The van der Waals surface area contributed by atoms with Gasteiger partial charge in [0, 0.05) is 25.3 Å². The van der Waals surface area contributed by atoms with Gasteiger partial charge in [0.2, 0.25) is 21.8 Å². The predicted molar refractivity (Wildman–Crippen MR) is 123 cm³/mol. The molecule has 1 aromatic carbocycles. The number of hydrogen-bond donors (Lipinski definition) is 4. The first kappa shape index (κ1) is 26.6. The van der Waals surface area contributed by atoms with Gasteiger partial charge in [-0.05, 0) is 64.4 Å². The minimum atomic E-state index is -3.79. The Morgan fingerprint density at radius 2 is 1.76 bits per heavy atom. The minimum Gasteiger partial charge on any atom is -0.444 e. The van der Waals surface area contributed by atoms with Crippen molar-refractivity contribution in [3.8, 4) is 0 Å². The molecule has 1 aliphatic heterocycles. The van der Waals surface area contributed by atoms with Gasteiger partial charge in [0.05, 0.1) is 17.4 Å². The lowest BCUT2D eigenvalue weighted by molar-refractivity contribution is -0.127. The zero-order valence-corrected chi connectivity index (χ0v) is 20.0. The van der Waals surface area contributed by atoms with Crippen LogP contribution in [0.25, 0.3) is 0 Å². The number of likely N-dealkylation sites (tertiary alicyclic amines) is 1. The van der Waals surface area contributed by atoms with E-state index in [-0.39, 0.29) is 42.3 Å². The molecule has 1 saturated heterocycles. The topological polar surface area (TPSA) is 160 Å². The maximum Gasteiger partial charge on any atom is 0.407 e. The van der Waals surface area contributed by atoms with Crippen LogP contribution in [0.3, 0.4) is 0 Å². The van der Waals surface area contributed by atoms with E-state index in [4.69, 9.17) is 9.88 Å². The zero-order valence-electron chi connectivity index (χ0n) is 19.2. The third-order valence-electron chi connectivity index (χ3n) is 4.80. The van der Waals surface area contributed by atoms with Crippen LogP contribution in [-0.4, -0.2) is 69.6 Å². The number of nitrogens with one attached hydrogen (secondary N) is 3. The lowest BCUT2D eigenvalue weighted by Crippen LogP contribution is -2.46. The van der Waals surface area contributed by atoms with E-state index in [2.05, 4.69) is 16.0 Å². The second kappa shape index (κ2) is 11.4. The number of primary sulfonamides is 1. The molecule has 3 amide bonds. The number of anilines is 1. The summed E-state index contributed by atoms with van der Waals surface area (Å²) in [6.45, 7) is 7.10. The lowest BCUT2D eigenvalue weighted by atomic mass is 9.97. The molecule has 0 spiro atoms. The monoisotopic (exact) mass is 483 g/mol. The van der Waals surface area contributed by atoms with Crippen molar-refractivity contribution in [1.82, 2.24) is 15.5 Å². The Bertz CT molecular complexity index is 943. The maximum absolute atomic E-state index is 12.5. The highest BCUT2D eigenvalue weighted by atomic mass is 32.2. The maximum atomic E-state index is 12.5. The molecule has 1 unspecified atom stereocenters. The van der Waals surface area contributed by atoms with E-state index in [0.29, 0.717) is 18.8 Å². The number of piperidine rings is 1. The highest BCUT2D eigenvalue weighted by Gasteiger charge is 2.26. The van der Waals surface area contributed by atoms with Gasteiger partial charge in [-0.15, -0.1) is 0 Å². The van der Waals surface area contributed by atoms with Crippen LogP contribution in [0.4, 0.5) is 10.5 Å². The van der Waals surface area contributed by atoms with Gasteiger partial charge >= 0.3 is 6.09 Å². The Morgan fingerprint density at radius 1 is 1.12 bits per heavy atom. The van der Waals surface area contributed by atoms with E-state index < -0.39 is 21.7 Å². The molecule has 184 valence electrons. The van der Waals surface area contributed by atoms with E-state index in [0.717, 1.165) is 12.8 Å². The highest BCUT2D eigenvalue weighted by Crippen LogP contribution is 2.17. The van der Waals surface area contributed by atoms with Gasteiger partial charge in [-0.25, -0.2) is 18.4 Å². The van der Waals surface area contributed by atoms with Crippen molar-refractivity contribution >= 4 is 33.6 Å². The quantitative estimate of drug-likeness (QED) is 0.394. The molecule has 1 heterocycles. The summed E-state index contributed by atoms with van der Waals surface area (Å²) in [6.07, 6.45) is 0.967. The lowest BCUT2D eigenvalue weighted by Gasteiger charge is -2.31. The van der Waals surface area contributed by atoms with Gasteiger partial charge in [0.1, 0.15) is 5.60 Å². The summed E-state index contributed by atoms with van der Waals surface area (Å²) in [7, 11) is -3.79. The first-order chi connectivity index (χ1) is 15.3. The highest BCUT2D eigenvalue weighted by molar-refractivity contribution is 7.89. The molecular formula is C21H33N5O6S. The largest absolute Gasteiger partial charge is 0.444 e. The van der Waals surface area contributed by atoms with Crippen LogP contribution in [0, 0.1) is 5.92 Å². The fraction of sp³-hybridized carbons (Fsp3) is 0.571. The summed E-state index contributed by atoms with van der Waals surface area (Å²) in [5.41, 5.74) is -0.129. The molecule has 1 aromatic rings. The number of amides is 3. The summed E-state index contributed by atoms with van der Waals surface area (Å²) < 4.78 is 27.7. The smallest absolute Gasteiger partial charge is 0.407 e. The molecule has 1 fully saturated rings. The van der Waals surface area contributed by atoms with Crippen molar-refractivity contribution in [3.63, 3.8) is 0 Å². The van der Waals surface area contributed by atoms with Crippen molar-refractivity contribution in [2.24, 2.45) is 11.1 Å². The third-order valence-corrected chi connectivity index (χ3v) is 5.73. The minimum absolute atomic E-state index is 0.0355. The Balaban J connectivity index is 1.74. The molecule has 0 radical (unpaired) electrons. The van der Waals surface area contributed by atoms with E-state index in [1.165, 1.54) is 24.3 Å². The molecule has 0 bridgehead atoms. The molecule has 1 atom stereocenters. The molecule has 0 aliphatic carbocycles.